The highest BCUT2D eigenvalue weighted by molar-refractivity contribution is 5.89. The van der Waals surface area contributed by atoms with Crippen LogP contribution in [0.1, 0.15) is 32.8 Å². The number of ether oxygens (including phenoxy) is 2. The Morgan fingerprint density at radius 1 is 1.25 bits per heavy atom. The van der Waals surface area contributed by atoms with Crippen LogP contribution in [0.5, 0.6) is 11.5 Å². The van der Waals surface area contributed by atoms with Gasteiger partial charge < -0.3 is 14.6 Å². The Bertz CT molecular complexity index is 531. The number of allylic oxidation sites excluding steroid dienone is 1. The predicted octanol–water partition coefficient (Wildman–Crippen LogP) is 2.89. The van der Waals surface area contributed by atoms with E-state index in [9.17, 15) is 9.59 Å². The molecule has 0 radical (unpaired) electrons. The Labute approximate surface area is 117 Å². The Kier molecular flexibility index (Phi) is 5.77. The summed E-state index contributed by atoms with van der Waals surface area (Å²) in [4.78, 5) is 22.0. The number of esters is 1. The number of aliphatic carboxylic acids is 1. The fraction of sp³-hybridized carbons (Fsp3) is 0.333. The minimum atomic E-state index is -1.01. The molecule has 0 bridgehead atoms. The zero-order chi connectivity index (χ0) is 15.1. The lowest BCUT2D eigenvalue weighted by atomic mass is 10.1. The highest BCUT2D eigenvalue weighted by Gasteiger charge is 2.11. The molecule has 0 unspecified atom stereocenters. The molecule has 0 aliphatic heterocycles. The minimum Gasteiger partial charge on any atom is -0.490 e. The molecule has 0 aromatic heterocycles. The standard InChI is InChI=1S/C15H18O5/c1-4-15(18)20-12-7-6-11(9-13(12)19-5-2)10(3)8-14(16)17/h6-9H,4-5H2,1-3H3,(H,16,17). The lowest BCUT2D eigenvalue weighted by molar-refractivity contribution is -0.134. The van der Waals surface area contributed by atoms with Gasteiger partial charge in [-0.15, -0.1) is 0 Å². The third-order valence-corrected chi connectivity index (χ3v) is 2.55. The average Bonchev–Trinajstić information content (AvgIpc) is 2.40. The van der Waals surface area contributed by atoms with Gasteiger partial charge in [0.15, 0.2) is 11.5 Å². The summed E-state index contributed by atoms with van der Waals surface area (Å²) in [5.74, 6) is -0.603. The van der Waals surface area contributed by atoms with Gasteiger partial charge in [0.05, 0.1) is 6.61 Å². The van der Waals surface area contributed by atoms with Crippen LogP contribution < -0.4 is 9.47 Å². The summed E-state index contributed by atoms with van der Waals surface area (Å²) >= 11 is 0. The van der Waals surface area contributed by atoms with Crippen LogP contribution in [0, 0.1) is 0 Å². The number of hydrogen-bond acceptors (Lipinski definition) is 4. The number of rotatable bonds is 6. The Balaban J connectivity index is 3.12. The van der Waals surface area contributed by atoms with E-state index in [0.717, 1.165) is 6.08 Å². The molecular weight excluding hydrogens is 260 g/mol. The average molecular weight is 278 g/mol. The summed E-state index contributed by atoms with van der Waals surface area (Å²) < 4.78 is 10.6. The summed E-state index contributed by atoms with van der Waals surface area (Å²) in [5, 5.41) is 8.75. The third-order valence-electron chi connectivity index (χ3n) is 2.55. The van der Waals surface area contributed by atoms with E-state index in [1.165, 1.54) is 0 Å². The van der Waals surface area contributed by atoms with Crippen molar-refractivity contribution in [1.82, 2.24) is 0 Å². The van der Waals surface area contributed by atoms with Gasteiger partial charge in [0, 0.05) is 12.5 Å². The molecule has 0 amide bonds. The monoisotopic (exact) mass is 278 g/mol. The highest BCUT2D eigenvalue weighted by atomic mass is 16.6. The zero-order valence-electron chi connectivity index (χ0n) is 11.8. The van der Waals surface area contributed by atoms with Crippen molar-refractivity contribution in [3.63, 3.8) is 0 Å². The molecule has 0 aliphatic carbocycles. The molecule has 5 nitrogen and oxygen atoms in total. The fourth-order valence-electron chi connectivity index (χ4n) is 1.57. The summed E-state index contributed by atoms with van der Waals surface area (Å²) in [7, 11) is 0. The molecule has 0 saturated heterocycles. The lowest BCUT2D eigenvalue weighted by Gasteiger charge is -2.12. The van der Waals surface area contributed by atoms with E-state index in [0.29, 0.717) is 29.2 Å². The molecule has 108 valence electrons. The molecule has 1 N–H and O–H groups in total. The number of carbonyl (C=O) groups excluding carboxylic acids is 1. The van der Waals surface area contributed by atoms with Crippen LogP contribution >= 0.6 is 0 Å². The quantitative estimate of drug-likeness (QED) is 0.492. The Morgan fingerprint density at radius 3 is 2.50 bits per heavy atom. The second-order valence-corrected chi connectivity index (χ2v) is 4.09. The predicted molar refractivity (Wildman–Crippen MR) is 74.8 cm³/mol. The number of carboxylic acids is 1. The van der Waals surface area contributed by atoms with Crippen molar-refractivity contribution in [3.8, 4) is 11.5 Å². The maximum Gasteiger partial charge on any atom is 0.328 e. The molecule has 0 heterocycles. The van der Waals surface area contributed by atoms with Crippen LogP contribution in [0.15, 0.2) is 24.3 Å². The molecule has 0 aliphatic rings. The smallest absolute Gasteiger partial charge is 0.328 e. The van der Waals surface area contributed by atoms with Crippen molar-refractivity contribution in [3.05, 3.63) is 29.8 Å². The number of hydrogen-bond donors (Lipinski definition) is 1. The number of carboxylic acid groups (broad SMARTS) is 1. The fourth-order valence-corrected chi connectivity index (χ4v) is 1.57. The van der Waals surface area contributed by atoms with Crippen LogP contribution in [0.25, 0.3) is 5.57 Å². The van der Waals surface area contributed by atoms with Crippen molar-refractivity contribution in [2.24, 2.45) is 0 Å². The largest absolute Gasteiger partial charge is 0.490 e. The molecule has 1 aromatic rings. The topological polar surface area (TPSA) is 72.8 Å². The van der Waals surface area contributed by atoms with Gasteiger partial charge >= 0.3 is 11.9 Å². The first-order chi connectivity index (χ1) is 9.47. The second kappa shape index (κ2) is 7.33. The summed E-state index contributed by atoms with van der Waals surface area (Å²) in [6, 6.07) is 4.96. The van der Waals surface area contributed by atoms with Crippen molar-refractivity contribution in [2.45, 2.75) is 27.2 Å². The maximum absolute atomic E-state index is 11.3. The van der Waals surface area contributed by atoms with Gasteiger partial charge in [0.1, 0.15) is 0 Å². The molecular formula is C15H18O5. The molecule has 0 saturated carbocycles. The first-order valence-corrected chi connectivity index (χ1v) is 6.37. The van der Waals surface area contributed by atoms with Gasteiger partial charge in [-0.3, -0.25) is 4.79 Å². The van der Waals surface area contributed by atoms with E-state index >= 15 is 0 Å². The number of benzene rings is 1. The normalized spacial score (nSPS) is 11.1. The molecule has 20 heavy (non-hydrogen) atoms. The molecule has 5 heteroatoms. The van der Waals surface area contributed by atoms with Crippen LogP contribution in [-0.4, -0.2) is 23.7 Å². The van der Waals surface area contributed by atoms with Crippen molar-refractivity contribution in [1.29, 1.82) is 0 Å². The zero-order valence-corrected chi connectivity index (χ0v) is 11.8. The van der Waals surface area contributed by atoms with Crippen LogP contribution in [-0.2, 0) is 9.59 Å². The van der Waals surface area contributed by atoms with E-state index in [1.54, 1.807) is 32.0 Å². The van der Waals surface area contributed by atoms with Crippen molar-refractivity contribution < 1.29 is 24.2 Å². The lowest BCUT2D eigenvalue weighted by Crippen LogP contribution is -2.07. The summed E-state index contributed by atoms with van der Waals surface area (Å²) in [6.07, 6.45) is 1.38. The van der Waals surface area contributed by atoms with Crippen LogP contribution in [0.4, 0.5) is 0 Å². The van der Waals surface area contributed by atoms with Gasteiger partial charge in [0.2, 0.25) is 0 Å². The van der Waals surface area contributed by atoms with Gasteiger partial charge in [0.25, 0.3) is 0 Å². The van der Waals surface area contributed by atoms with Crippen molar-refractivity contribution >= 4 is 17.5 Å². The van der Waals surface area contributed by atoms with Gasteiger partial charge in [-0.1, -0.05) is 13.0 Å². The highest BCUT2D eigenvalue weighted by Crippen LogP contribution is 2.31. The van der Waals surface area contributed by atoms with Crippen molar-refractivity contribution in [2.75, 3.05) is 6.61 Å². The summed E-state index contributed by atoms with van der Waals surface area (Å²) in [6.45, 7) is 5.63. The number of carbonyl (C=O) groups is 2. The first kappa shape index (κ1) is 15.8. The van der Waals surface area contributed by atoms with Gasteiger partial charge in [-0.05, 0) is 37.1 Å². The molecule has 0 fully saturated rings. The van der Waals surface area contributed by atoms with E-state index in [2.05, 4.69) is 0 Å². The van der Waals surface area contributed by atoms with Gasteiger partial charge in [-0.2, -0.15) is 0 Å². The first-order valence-electron chi connectivity index (χ1n) is 6.37. The summed E-state index contributed by atoms with van der Waals surface area (Å²) in [5.41, 5.74) is 1.29. The van der Waals surface area contributed by atoms with Crippen LogP contribution in [0.3, 0.4) is 0 Å². The van der Waals surface area contributed by atoms with E-state index in [-0.39, 0.29) is 12.4 Å². The Hall–Kier alpha value is -2.30. The van der Waals surface area contributed by atoms with Gasteiger partial charge in [-0.25, -0.2) is 4.79 Å². The molecule has 0 spiro atoms. The minimum absolute atomic E-state index is 0.269. The SMILES string of the molecule is CCOc1cc(C(C)=CC(=O)O)ccc1OC(=O)CC. The maximum atomic E-state index is 11.3. The molecule has 0 atom stereocenters. The third kappa shape index (κ3) is 4.42. The van der Waals surface area contributed by atoms with Crippen LogP contribution in [0.2, 0.25) is 0 Å². The Morgan fingerprint density at radius 2 is 1.95 bits per heavy atom. The second-order valence-electron chi connectivity index (χ2n) is 4.09. The molecule has 1 aromatic carbocycles. The molecule has 1 rings (SSSR count). The van der Waals surface area contributed by atoms with E-state index in [4.69, 9.17) is 14.6 Å². The van der Waals surface area contributed by atoms with E-state index < -0.39 is 5.97 Å². The van der Waals surface area contributed by atoms with E-state index in [1.807, 2.05) is 6.92 Å².